The number of hydrogen-bond donors (Lipinski definition) is 0. The van der Waals surface area contributed by atoms with Crippen LogP contribution >= 0.6 is 23.2 Å². The first-order valence-corrected chi connectivity index (χ1v) is 4.50. The van der Waals surface area contributed by atoms with Crippen molar-refractivity contribution in [3.63, 3.8) is 0 Å². The molecular weight excluding hydrogens is 235 g/mol. The number of carbonyl (C=O) groups is 1. The topological polar surface area (TPSA) is 30.0 Å². The van der Waals surface area contributed by atoms with Crippen molar-refractivity contribution in [2.24, 2.45) is 0 Å². The van der Waals surface area contributed by atoms with Crippen LogP contribution in [0.2, 0.25) is 5.15 Å². The standard InChI is InChI=1S/C8H5Cl2F2NO/c9-2-5-4(3-14)1-6(8(11)12)13-7(5)10/h1,3,8H,2H2. The molecule has 0 bridgehead atoms. The van der Waals surface area contributed by atoms with Crippen LogP contribution in [0.5, 0.6) is 0 Å². The molecule has 0 aliphatic carbocycles. The van der Waals surface area contributed by atoms with E-state index in [9.17, 15) is 13.6 Å². The molecule has 0 unspecified atom stereocenters. The first-order valence-electron chi connectivity index (χ1n) is 3.58. The van der Waals surface area contributed by atoms with Gasteiger partial charge >= 0.3 is 0 Å². The molecule has 2 nitrogen and oxygen atoms in total. The van der Waals surface area contributed by atoms with Gasteiger partial charge in [-0.25, -0.2) is 13.8 Å². The quantitative estimate of drug-likeness (QED) is 0.461. The molecular formula is C8H5Cl2F2NO. The molecule has 1 aromatic heterocycles. The predicted octanol–water partition coefficient (Wildman–Crippen LogP) is 3.22. The van der Waals surface area contributed by atoms with Gasteiger partial charge in [-0.1, -0.05) is 11.6 Å². The number of alkyl halides is 3. The van der Waals surface area contributed by atoms with E-state index in [1.807, 2.05) is 0 Å². The van der Waals surface area contributed by atoms with E-state index in [0.717, 1.165) is 6.07 Å². The molecule has 6 heteroatoms. The van der Waals surface area contributed by atoms with Gasteiger partial charge in [0.25, 0.3) is 6.43 Å². The van der Waals surface area contributed by atoms with Crippen molar-refractivity contribution in [2.45, 2.75) is 12.3 Å². The van der Waals surface area contributed by atoms with Crippen LogP contribution < -0.4 is 0 Å². The van der Waals surface area contributed by atoms with Crippen LogP contribution in [0.3, 0.4) is 0 Å². The second-order valence-electron chi connectivity index (χ2n) is 2.46. The molecule has 1 aromatic rings. The Morgan fingerprint density at radius 1 is 1.57 bits per heavy atom. The molecule has 0 aliphatic rings. The van der Waals surface area contributed by atoms with Gasteiger partial charge in [0.05, 0.1) is 5.88 Å². The second kappa shape index (κ2) is 4.66. The number of nitrogens with zero attached hydrogens (tertiary/aromatic N) is 1. The van der Waals surface area contributed by atoms with Crippen molar-refractivity contribution in [3.8, 4) is 0 Å². The van der Waals surface area contributed by atoms with Gasteiger partial charge in [-0.2, -0.15) is 0 Å². The maximum Gasteiger partial charge on any atom is 0.280 e. The zero-order valence-corrected chi connectivity index (χ0v) is 8.32. The molecule has 0 saturated heterocycles. The highest BCUT2D eigenvalue weighted by Gasteiger charge is 2.15. The van der Waals surface area contributed by atoms with Crippen molar-refractivity contribution < 1.29 is 13.6 Å². The Labute approximate surface area is 88.8 Å². The molecule has 1 rings (SSSR count). The maximum absolute atomic E-state index is 12.2. The molecule has 1 heterocycles. The summed E-state index contributed by atoms with van der Waals surface area (Å²) in [4.78, 5) is 13.9. The van der Waals surface area contributed by atoms with Crippen LogP contribution in [0.4, 0.5) is 8.78 Å². The summed E-state index contributed by atoms with van der Waals surface area (Å²) in [5.41, 5.74) is -0.200. The number of hydrogen-bond acceptors (Lipinski definition) is 2. The van der Waals surface area contributed by atoms with Crippen molar-refractivity contribution in [1.82, 2.24) is 4.98 Å². The van der Waals surface area contributed by atoms with Crippen molar-refractivity contribution in [2.75, 3.05) is 0 Å². The normalized spacial score (nSPS) is 10.6. The Bertz CT molecular complexity index is 357. The maximum atomic E-state index is 12.2. The Kier molecular flexibility index (Phi) is 3.77. The highest BCUT2D eigenvalue weighted by atomic mass is 35.5. The summed E-state index contributed by atoms with van der Waals surface area (Å²) in [6.45, 7) is 0. The first-order chi connectivity index (χ1) is 6.60. The zero-order valence-electron chi connectivity index (χ0n) is 6.81. The predicted molar refractivity (Wildman–Crippen MR) is 49.1 cm³/mol. The number of halogens is 4. The van der Waals surface area contributed by atoms with Gasteiger partial charge < -0.3 is 0 Å². The van der Waals surface area contributed by atoms with Gasteiger partial charge in [0.15, 0.2) is 6.29 Å². The number of rotatable bonds is 3. The summed E-state index contributed by atoms with van der Waals surface area (Å²) >= 11 is 11.0. The van der Waals surface area contributed by atoms with Gasteiger partial charge in [-0.15, -0.1) is 11.6 Å². The fourth-order valence-corrected chi connectivity index (χ4v) is 1.55. The summed E-state index contributed by atoms with van der Waals surface area (Å²) in [5.74, 6) is -0.0383. The van der Waals surface area contributed by atoms with Gasteiger partial charge in [0, 0.05) is 11.1 Å². The van der Waals surface area contributed by atoms with Crippen molar-refractivity contribution in [3.05, 3.63) is 28.0 Å². The lowest BCUT2D eigenvalue weighted by atomic mass is 10.1. The minimum atomic E-state index is -2.75. The Morgan fingerprint density at radius 3 is 2.64 bits per heavy atom. The molecule has 0 saturated carbocycles. The highest BCUT2D eigenvalue weighted by molar-refractivity contribution is 6.31. The van der Waals surface area contributed by atoms with E-state index in [1.165, 1.54) is 0 Å². The third-order valence-corrected chi connectivity index (χ3v) is 2.19. The third kappa shape index (κ3) is 2.19. The second-order valence-corrected chi connectivity index (χ2v) is 3.08. The zero-order chi connectivity index (χ0) is 10.7. The number of aldehydes is 1. The van der Waals surface area contributed by atoms with E-state index in [-0.39, 0.29) is 22.2 Å². The van der Waals surface area contributed by atoms with Crippen molar-refractivity contribution >= 4 is 29.5 Å². The van der Waals surface area contributed by atoms with E-state index < -0.39 is 12.1 Å². The largest absolute Gasteiger partial charge is 0.298 e. The Balaban J connectivity index is 3.31. The molecule has 0 spiro atoms. The van der Waals surface area contributed by atoms with E-state index in [0.29, 0.717) is 6.29 Å². The molecule has 0 fully saturated rings. The van der Waals surface area contributed by atoms with E-state index >= 15 is 0 Å². The molecule has 0 aliphatic heterocycles. The minimum absolute atomic E-state index is 0.0383. The molecule has 76 valence electrons. The van der Waals surface area contributed by atoms with Crippen LogP contribution in [0.1, 0.15) is 28.0 Å². The summed E-state index contributed by atoms with van der Waals surface area (Å²) in [6.07, 6.45) is -2.33. The molecule has 0 atom stereocenters. The number of pyridine rings is 1. The summed E-state index contributed by atoms with van der Waals surface area (Å²) in [7, 11) is 0. The van der Waals surface area contributed by atoms with Crippen LogP contribution in [-0.2, 0) is 5.88 Å². The lowest BCUT2D eigenvalue weighted by Crippen LogP contribution is -1.99. The van der Waals surface area contributed by atoms with Crippen molar-refractivity contribution in [1.29, 1.82) is 0 Å². The van der Waals surface area contributed by atoms with Gasteiger partial charge in [0.2, 0.25) is 0 Å². The molecule has 0 radical (unpaired) electrons. The van der Waals surface area contributed by atoms with Crippen LogP contribution in [0, 0.1) is 0 Å². The third-order valence-electron chi connectivity index (χ3n) is 1.61. The van der Waals surface area contributed by atoms with E-state index in [1.54, 1.807) is 0 Å². The van der Waals surface area contributed by atoms with Gasteiger partial charge in [0.1, 0.15) is 10.8 Å². The van der Waals surface area contributed by atoms with E-state index in [4.69, 9.17) is 23.2 Å². The molecule has 0 N–H and O–H groups in total. The minimum Gasteiger partial charge on any atom is -0.298 e. The average molecular weight is 240 g/mol. The first kappa shape index (κ1) is 11.3. The van der Waals surface area contributed by atoms with Gasteiger partial charge in [-0.3, -0.25) is 4.79 Å². The monoisotopic (exact) mass is 239 g/mol. The van der Waals surface area contributed by atoms with Crippen LogP contribution in [0.25, 0.3) is 0 Å². The number of carbonyl (C=O) groups excluding carboxylic acids is 1. The molecule has 0 aromatic carbocycles. The highest BCUT2D eigenvalue weighted by Crippen LogP contribution is 2.25. The van der Waals surface area contributed by atoms with Crippen LogP contribution in [-0.4, -0.2) is 11.3 Å². The SMILES string of the molecule is O=Cc1cc(C(F)F)nc(Cl)c1CCl. The summed E-state index contributed by atoms with van der Waals surface area (Å²) in [6, 6.07) is 0.987. The fourth-order valence-electron chi connectivity index (χ4n) is 0.928. The average Bonchev–Trinajstić information content (AvgIpc) is 2.16. The van der Waals surface area contributed by atoms with E-state index in [2.05, 4.69) is 4.98 Å². The Hall–Kier alpha value is -0.740. The smallest absolute Gasteiger partial charge is 0.280 e. The Morgan fingerprint density at radius 2 is 2.21 bits per heavy atom. The summed E-state index contributed by atoms with van der Waals surface area (Å²) < 4.78 is 24.5. The number of aromatic nitrogens is 1. The lowest BCUT2D eigenvalue weighted by molar-refractivity contribution is 0.112. The molecule has 0 amide bonds. The molecule has 14 heavy (non-hydrogen) atoms. The van der Waals surface area contributed by atoms with Gasteiger partial charge in [-0.05, 0) is 6.07 Å². The summed E-state index contributed by atoms with van der Waals surface area (Å²) in [5, 5.41) is -0.153. The lowest BCUT2D eigenvalue weighted by Gasteiger charge is -2.06. The van der Waals surface area contributed by atoms with Crippen LogP contribution in [0.15, 0.2) is 6.07 Å². The fraction of sp³-hybridized carbons (Fsp3) is 0.250.